The summed E-state index contributed by atoms with van der Waals surface area (Å²) in [5.74, 6) is 0. The second kappa shape index (κ2) is 5.77. The summed E-state index contributed by atoms with van der Waals surface area (Å²) in [5.41, 5.74) is 1.51. The van der Waals surface area contributed by atoms with Crippen LogP contribution >= 0.6 is 34.9 Å². The van der Waals surface area contributed by atoms with Crippen molar-refractivity contribution < 1.29 is 4.90 Å². The third-order valence-corrected chi connectivity index (χ3v) is 6.85. The monoisotopic (exact) mass is 348 g/mol. The molecule has 114 valence electrons. The van der Waals surface area contributed by atoms with Gasteiger partial charge < -0.3 is 9.47 Å². The summed E-state index contributed by atoms with van der Waals surface area (Å²) in [5, 5.41) is 4.42. The van der Waals surface area contributed by atoms with Crippen molar-refractivity contribution in [3.8, 4) is 0 Å². The summed E-state index contributed by atoms with van der Waals surface area (Å²) in [6, 6.07) is 7.18. The first-order chi connectivity index (χ1) is 10.7. The Morgan fingerprint density at radius 1 is 1.27 bits per heavy atom. The molecule has 1 aliphatic heterocycles. The van der Waals surface area contributed by atoms with Gasteiger partial charge in [-0.05, 0) is 35.1 Å². The van der Waals surface area contributed by atoms with Crippen molar-refractivity contribution in [1.82, 2.24) is 9.13 Å². The Labute approximate surface area is 143 Å². The van der Waals surface area contributed by atoms with Gasteiger partial charge in [-0.1, -0.05) is 6.07 Å². The van der Waals surface area contributed by atoms with Crippen molar-refractivity contribution >= 4 is 34.9 Å². The number of nitrogens with zero attached hydrogens (tertiary/aromatic N) is 2. The molecule has 4 rings (SSSR count). The van der Waals surface area contributed by atoms with Crippen LogP contribution < -0.4 is 4.90 Å². The fraction of sp³-hybridized carbons (Fsp3) is 0.312. The lowest BCUT2D eigenvalue weighted by molar-refractivity contribution is -0.949. The Morgan fingerprint density at radius 2 is 2.18 bits per heavy atom. The van der Waals surface area contributed by atoms with E-state index < -0.39 is 0 Å². The van der Waals surface area contributed by atoms with Gasteiger partial charge in [-0.3, -0.25) is 4.57 Å². The van der Waals surface area contributed by atoms with Crippen LogP contribution in [0.2, 0.25) is 0 Å². The minimum Gasteiger partial charge on any atom is -0.327 e. The number of hydrogen-bond acceptors (Lipinski definition) is 3. The van der Waals surface area contributed by atoms with E-state index in [2.05, 4.69) is 39.7 Å². The second-order valence-corrected chi connectivity index (χ2v) is 8.07. The average molecular weight is 349 g/mol. The molecule has 0 aliphatic carbocycles. The molecule has 6 heteroatoms. The van der Waals surface area contributed by atoms with Crippen LogP contribution in [0.5, 0.6) is 0 Å². The van der Waals surface area contributed by atoms with E-state index in [0.717, 1.165) is 18.0 Å². The summed E-state index contributed by atoms with van der Waals surface area (Å²) >= 11 is 9.28. The summed E-state index contributed by atoms with van der Waals surface area (Å²) in [7, 11) is 2.01. The number of quaternary nitrogens is 1. The number of aryl methyl sites for hydroxylation is 1. The zero-order valence-electron chi connectivity index (χ0n) is 12.4. The highest BCUT2D eigenvalue weighted by Crippen LogP contribution is 2.31. The maximum Gasteiger partial charge on any atom is 0.183 e. The normalized spacial score (nSPS) is 21.0. The lowest BCUT2D eigenvalue weighted by Gasteiger charge is -2.32. The molecule has 22 heavy (non-hydrogen) atoms. The average Bonchev–Trinajstić information content (AvgIpc) is 3.25. The van der Waals surface area contributed by atoms with Gasteiger partial charge in [0.05, 0.1) is 11.4 Å². The number of imidazole rings is 1. The number of fused-ring (bicyclic) bond motifs is 1. The van der Waals surface area contributed by atoms with Crippen LogP contribution in [0.15, 0.2) is 41.4 Å². The van der Waals surface area contributed by atoms with E-state index in [4.69, 9.17) is 12.2 Å². The highest BCUT2D eigenvalue weighted by Gasteiger charge is 2.34. The number of thiophene rings is 2. The van der Waals surface area contributed by atoms with Crippen LogP contribution in [0.3, 0.4) is 0 Å². The fourth-order valence-electron chi connectivity index (χ4n) is 3.28. The minimum atomic E-state index is 0.442. The van der Waals surface area contributed by atoms with E-state index in [1.807, 2.05) is 40.5 Å². The Bertz CT molecular complexity index is 825. The molecule has 3 aromatic heterocycles. The Kier molecular flexibility index (Phi) is 3.78. The third-order valence-electron chi connectivity index (χ3n) is 4.39. The molecule has 0 spiro atoms. The molecule has 1 N–H and O–H groups in total. The standard InChI is InChI=1S/C16H17N3S3/c1-17-7-8-19(16(17)20)11-18-6-4-13-12(5-10-22-13)15(18)14-3-2-9-21-14/h2-3,5,7-10,15H,4,6,11H2,1H3/p+1/t15-/m0/s1. The maximum atomic E-state index is 5.51. The van der Waals surface area contributed by atoms with Crippen molar-refractivity contribution in [2.75, 3.05) is 6.54 Å². The molecule has 3 aromatic rings. The second-order valence-electron chi connectivity index (χ2n) is 5.73. The molecular weight excluding hydrogens is 330 g/mol. The zero-order valence-corrected chi connectivity index (χ0v) is 14.8. The predicted octanol–water partition coefficient (Wildman–Crippen LogP) is 2.87. The lowest BCUT2D eigenvalue weighted by Crippen LogP contribution is -3.12. The van der Waals surface area contributed by atoms with E-state index >= 15 is 0 Å². The van der Waals surface area contributed by atoms with Crippen molar-refractivity contribution in [3.05, 3.63) is 61.4 Å². The Hall–Kier alpha value is -1.21. The van der Waals surface area contributed by atoms with Crippen LogP contribution in [0, 0.1) is 4.77 Å². The summed E-state index contributed by atoms with van der Waals surface area (Å²) in [6.07, 6.45) is 5.32. The highest BCUT2D eigenvalue weighted by atomic mass is 32.1. The molecular formula is C16H18N3S3+. The molecule has 3 nitrogen and oxygen atoms in total. The molecule has 0 aromatic carbocycles. The first-order valence-corrected chi connectivity index (χ1v) is 9.57. The third kappa shape index (κ3) is 2.40. The SMILES string of the molecule is Cn1ccn(C[NH+]2CCc3sccc3[C@H]2c2cccs2)c1=S. The quantitative estimate of drug-likeness (QED) is 0.719. The van der Waals surface area contributed by atoms with Gasteiger partial charge in [0.15, 0.2) is 17.5 Å². The van der Waals surface area contributed by atoms with E-state index in [9.17, 15) is 0 Å². The first kappa shape index (κ1) is 14.4. The van der Waals surface area contributed by atoms with Crippen LogP contribution in [0.25, 0.3) is 0 Å². The van der Waals surface area contributed by atoms with E-state index in [1.54, 1.807) is 9.78 Å². The number of hydrogen-bond donors (Lipinski definition) is 1. The van der Waals surface area contributed by atoms with Crippen molar-refractivity contribution in [2.24, 2.45) is 7.05 Å². The van der Waals surface area contributed by atoms with Crippen LogP contribution in [-0.2, 0) is 20.1 Å². The van der Waals surface area contributed by atoms with Gasteiger partial charge in [-0.25, -0.2) is 0 Å². The zero-order chi connectivity index (χ0) is 15.1. The Morgan fingerprint density at radius 3 is 2.91 bits per heavy atom. The van der Waals surface area contributed by atoms with Gasteiger partial charge in [0, 0.05) is 36.3 Å². The molecule has 0 saturated heterocycles. The number of aromatic nitrogens is 2. The predicted molar refractivity (Wildman–Crippen MR) is 94.3 cm³/mol. The maximum absolute atomic E-state index is 5.51. The van der Waals surface area contributed by atoms with Gasteiger partial charge in [-0.2, -0.15) is 0 Å². The number of rotatable bonds is 3. The molecule has 0 bridgehead atoms. The van der Waals surface area contributed by atoms with Crippen molar-refractivity contribution in [3.63, 3.8) is 0 Å². The van der Waals surface area contributed by atoms with Crippen molar-refractivity contribution in [1.29, 1.82) is 0 Å². The molecule has 1 unspecified atom stereocenters. The van der Waals surface area contributed by atoms with Gasteiger partial charge in [-0.15, -0.1) is 22.7 Å². The van der Waals surface area contributed by atoms with Crippen LogP contribution in [0.1, 0.15) is 21.4 Å². The smallest absolute Gasteiger partial charge is 0.183 e. The highest BCUT2D eigenvalue weighted by molar-refractivity contribution is 7.71. The largest absolute Gasteiger partial charge is 0.327 e. The topological polar surface area (TPSA) is 14.3 Å². The molecule has 4 heterocycles. The molecule has 0 fully saturated rings. The summed E-state index contributed by atoms with van der Waals surface area (Å²) in [6.45, 7) is 2.09. The van der Waals surface area contributed by atoms with E-state index in [-0.39, 0.29) is 0 Å². The van der Waals surface area contributed by atoms with Crippen LogP contribution in [-0.4, -0.2) is 15.7 Å². The van der Waals surface area contributed by atoms with E-state index in [0.29, 0.717) is 6.04 Å². The van der Waals surface area contributed by atoms with E-state index in [1.165, 1.54) is 16.9 Å². The Balaban J connectivity index is 1.72. The molecule has 0 radical (unpaired) electrons. The molecule has 0 saturated carbocycles. The van der Waals surface area contributed by atoms with Gasteiger partial charge >= 0.3 is 0 Å². The van der Waals surface area contributed by atoms with Crippen molar-refractivity contribution in [2.45, 2.75) is 19.1 Å². The first-order valence-electron chi connectivity index (χ1n) is 7.40. The lowest BCUT2D eigenvalue weighted by atomic mass is 9.99. The summed E-state index contributed by atoms with van der Waals surface area (Å²) < 4.78 is 5.10. The van der Waals surface area contributed by atoms with Gasteiger partial charge in [0.1, 0.15) is 0 Å². The molecule has 2 atom stereocenters. The van der Waals surface area contributed by atoms with Gasteiger partial charge in [0.2, 0.25) is 0 Å². The van der Waals surface area contributed by atoms with Gasteiger partial charge in [0.25, 0.3) is 0 Å². The fourth-order valence-corrected chi connectivity index (χ4v) is 5.29. The number of nitrogens with one attached hydrogen (secondary N) is 1. The molecule has 0 amide bonds. The van der Waals surface area contributed by atoms with Crippen LogP contribution in [0.4, 0.5) is 0 Å². The summed E-state index contributed by atoms with van der Waals surface area (Å²) in [4.78, 5) is 4.59. The minimum absolute atomic E-state index is 0.442. The molecule has 1 aliphatic rings.